The molecule has 42 heavy (non-hydrogen) atoms. The smallest absolute Gasteiger partial charge is 0.416 e. The van der Waals surface area contributed by atoms with Gasteiger partial charge in [0.1, 0.15) is 12.6 Å². The van der Waals surface area contributed by atoms with E-state index < -0.39 is 41.6 Å². The number of unbranched alkanes of at least 4 members (excludes halogenated alkanes) is 1. The number of hydrogen-bond acceptors (Lipinski definition) is 4. The number of aliphatic carboxylic acids is 1. The number of amides is 1. The molecular formula is C30H28F6N2O4. The number of carbonyl (C=O) groups excluding carboxylic acids is 1. The summed E-state index contributed by atoms with van der Waals surface area (Å²) in [5.41, 5.74) is 1.15. The van der Waals surface area contributed by atoms with Crippen molar-refractivity contribution in [2.45, 2.75) is 50.1 Å². The van der Waals surface area contributed by atoms with E-state index in [2.05, 4.69) is 10.6 Å². The van der Waals surface area contributed by atoms with Gasteiger partial charge >= 0.3 is 24.4 Å². The lowest BCUT2D eigenvalue weighted by molar-refractivity contribution is -0.143. The van der Waals surface area contributed by atoms with Gasteiger partial charge in [0, 0.05) is 12.5 Å². The molecule has 3 aromatic carbocycles. The standard InChI is InChI=1S/C30H28F6N2O4/c31-29(32,33)19-13-18(14-20(15-19)30(34,35)36)16-37-12-6-5-11-26(27(39)40)38-28(41)42-17-25-23-9-3-1-7-21(23)22-8-2-4-10-24(22)25/h1-4,7-10,13-15,25-26,37H,5-6,11-12,16-17H2,(H,38,41)(H,39,40)/t26-/m0/s1. The minimum Gasteiger partial charge on any atom is -0.480 e. The Morgan fingerprint density at radius 2 is 1.38 bits per heavy atom. The van der Waals surface area contributed by atoms with Crippen molar-refractivity contribution >= 4 is 12.1 Å². The molecule has 12 heteroatoms. The van der Waals surface area contributed by atoms with Gasteiger partial charge in [-0.1, -0.05) is 48.5 Å². The summed E-state index contributed by atoms with van der Waals surface area (Å²) < 4.78 is 83.6. The molecule has 0 saturated heterocycles. The third kappa shape index (κ3) is 7.61. The molecule has 0 aliphatic heterocycles. The molecule has 3 aromatic rings. The molecule has 1 atom stereocenters. The molecular weight excluding hydrogens is 566 g/mol. The number of ether oxygens (including phenoxy) is 1. The lowest BCUT2D eigenvalue weighted by Gasteiger charge is -2.17. The summed E-state index contributed by atoms with van der Waals surface area (Å²) in [5.74, 6) is -1.46. The summed E-state index contributed by atoms with van der Waals surface area (Å²) in [7, 11) is 0. The van der Waals surface area contributed by atoms with Crippen molar-refractivity contribution in [2.75, 3.05) is 13.2 Å². The quantitative estimate of drug-likeness (QED) is 0.165. The number of carbonyl (C=O) groups is 2. The van der Waals surface area contributed by atoms with Gasteiger partial charge in [0.2, 0.25) is 0 Å². The molecule has 0 saturated carbocycles. The van der Waals surface area contributed by atoms with Crippen LogP contribution >= 0.6 is 0 Å². The zero-order valence-electron chi connectivity index (χ0n) is 22.2. The summed E-state index contributed by atoms with van der Waals surface area (Å²) >= 11 is 0. The maximum Gasteiger partial charge on any atom is 0.416 e. The van der Waals surface area contributed by atoms with Crippen LogP contribution in [0, 0.1) is 0 Å². The van der Waals surface area contributed by atoms with Crippen molar-refractivity contribution < 1.29 is 45.8 Å². The summed E-state index contributed by atoms with van der Waals surface area (Å²) in [5, 5.41) is 14.7. The van der Waals surface area contributed by atoms with Crippen molar-refractivity contribution in [3.63, 3.8) is 0 Å². The van der Waals surface area contributed by atoms with Gasteiger partial charge in [-0.3, -0.25) is 0 Å². The molecule has 0 heterocycles. The molecule has 1 aliphatic rings. The fraction of sp³-hybridized carbons (Fsp3) is 0.333. The Hall–Kier alpha value is -4.06. The molecule has 4 rings (SSSR count). The zero-order valence-corrected chi connectivity index (χ0v) is 22.2. The molecule has 0 bridgehead atoms. The Kier molecular flexibility index (Phi) is 9.45. The minimum atomic E-state index is -4.93. The van der Waals surface area contributed by atoms with E-state index in [1.54, 1.807) is 0 Å². The van der Waals surface area contributed by atoms with Crippen LogP contribution in [-0.2, 0) is 28.4 Å². The second kappa shape index (κ2) is 12.8. The lowest BCUT2D eigenvalue weighted by Crippen LogP contribution is -2.41. The van der Waals surface area contributed by atoms with E-state index in [1.165, 1.54) is 0 Å². The van der Waals surface area contributed by atoms with Crippen LogP contribution in [-0.4, -0.2) is 36.4 Å². The van der Waals surface area contributed by atoms with E-state index in [0.29, 0.717) is 25.0 Å². The monoisotopic (exact) mass is 594 g/mol. The molecule has 1 amide bonds. The Bertz CT molecular complexity index is 1350. The summed E-state index contributed by atoms with van der Waals surface area (Å²) in [6, 6.07) is 15.7. The Balaban J connectivity index is 1.23. The van der Waals surface area contributed by atoms with Crippen LogP contribution in [0.4, 0.5) is 31.1 Å². The van der Waals surface area contributed by atoms with Crippen LogP contribution in [0.2, 0.25) is 0 Å². The highest BCUT2D eigenvalue weighted by Crippen LogP contribution is 2.44. The van der Waals surface area contributed by atoms with Crippen LogP contribution in [0.15, 0.2) is 66.7 Å². The third-order valence-electron chi connectivity index (χ3n) is 7.01. The number of carboxylic acid groups (broad SMARTS) is 1. The van der Waals surface area contributed by atoms with Gasteiger partial charge in [-0.2, -0.15) is 26.3 Å². The van der Waals surface area contributed by atoms with E-state index in [-0.39, 0.29) is 43.7 Å². The normalized spacial score (nSPS) is 13.8. The number of halogens is 6. The van der Waals surface area contributed by atoms with Crippen LogP contribution < -0.4 is 10.6 Å². The molecule has 1 aliphatic carbocycles. The number of alkyl halides is 6. The molecule has 224 valence electrons. The first kappa shape index (κ1) is 30.9. The predicted molar refractivity (Wildman–Crippen MR) is 142 cm³/mol. The number of carboxylic acids is 1. The number of fused-ring (bicyclic) bond motifs is 3. The molecule has 0 unspecified atom stereocenters. The van der Waals surface area contributed by atoms with Gasteiger partial charge in [-0.05, 0) is 71.8 Å². The van der Waals surface area contributed by atoms with Gasteiger partial charge in [-0.15, -0.1) is 0 Å². The number of hydrogen-bond donors (Lipinski definition) is 3. The van der Waals surface area contributed by atoms with E-state index in [9.17, 15) is 41.0 Å². The van der Waals surface area contributed by atoms with E-state index in [0.717, 1.165) is 22.3 Å². The van der Waals surface area contributed by atoms with Crippen molar-refractivity contribution in [3.05, 3.63) is 94.5 Å². The summed E-state index contributed by atoms with van der Waals surface area (Å²) in [6.07, 6.45) is -10.0. The minimum absolute atomic E-state index is 0.0156. The third-order valence-corrected chi connectivity index (χ3v) is 7.01. The second-order valence-electron chi connectivity index (χ2n) is 9.95. The van der Waals surface area contributed by atoms with E-state index in [4.69, 9.17) is 4.74 Å². The highest BCUT2D eigenvalue weighted by atomic mass is 19.4. The van der Waals surface area contributed by atoms with Crippen molar-refractivity contribution in [1.29, 1.82) is 0 Å². The maximum atomic E-state index is 13.0. The van der Waals surface area contributed by atoms with Crippen molar-refractivity contribution in [1.82, 2.24) is 10.6 Å². The first-order valence-corrected chi connectivity index (χ1v) is 13.2. The topological polar surface area (TPSA) is 87.7 Å². The fourth-order valence-corrected chi connectivity index (χ4v) is 4.99. The number of rotatable bonds is 11. The van der Waals surface area contributed by atoms with Crippen LogP contribution in [0.5, 0.6) is 0 Å². The van der Waals surface area contributed by atoms with E-state index in [1.807, 2.05) is 48.5 Å². The highest BCUT2D eigenvalue weighted by molar-refractivity contribution is 5.81. The molecule has 0 aromatic heterocycles. The van der Waals surface area contributed by atoms with Crippen molar-refractivity contribution in [2.24, 2.45) is 0 Å². The van der Waals surface area contributed by atoms with Gasteiger partial charge in [0.15, 0.2) is 0 Å². The zero-order chi connectivity index (χ0) is 30.5. The van der Waals surface area contributed by atoms with Gasteiger partial charge < -0.3 is 20.5 Å². The van der Waals surface area contributed by atoms with Gasteiger partial charge in [-0.25, -0.2) is 9.59 Å². The SMILES string of the molecule is O=C(N[C@@H](CCCCNCc1cc(C(F)(F)F)cc(C(F)(F)F)c1)C(=O)O)OCC1c2ccccc2-c2ccccc21. The molecule has 0 radical (unpaired) electrons. The Morgan fingerprint density at radius 3 is 1.90 bits per heavy atom. The Labute approximate surface area is 237 Å². The predicted octanol–water partition coefficient (Wildman–Crippen LogP) is 6.98. The molecule has 0 spiro atoms. The highest BCUT2D eigenvalue weighted by Gasteiger charge is 2.37. The average molecular weight is 595 g/mol. The number of nitrogens with one attached hydrogen (secondary N) is 2. The van der Waals surface area contributed by atoms with Gasteiger partial charge in [0.25, 0.3) is 0 Å². The van der Waals surface area contributed by atoms with Crippen LogP contribution in [0.25, 0.3) is 11.1 Å². The second-order valence-corrected chi connectivity index (χ2v) is 9.95. The van der Waals surface area contributed by atoms with Crippen LogP contribution in [0.3, 0.4) is 0 Å². The fourth-order valence-electron chi connectivity index (χ4n) is 4.99. The Morgan fingerprint density at radius 1 is 0.833 bits per heavy atom. The number of benzene rings is 3. The van der Waals surface area contributed by atoms with Crippen molar-refractivity contribution in [3.8, 4) is 11.1 Å². The lowest BCUT2D eigenvalue weighted by atomic mass is 9.98. The summed E-state index contributed by atoms with van der Waals surface area (Å²) in [4.78, 5) is 24.1. The van der Waals surface area contributed by atoms with Gasteiger partial charge in [0.05, 0.1) is 11.1 Å². The average Bonchev–Trinajstić information content (AvgIpc) is 3.25. The molecule has 0 fully saturated rings. The molecule has 6 nitrogen and oxygen atoms in total. The maximum absolute atomic E-state index is 13.0. The first-order chi connectivity index (χ1) is 19.8. The molecule has 3 N–H and O–H groups in total. The van der Waals surface area contributed by atoms with E-state index >= 15 is 0 Å². The van der Waals surface area contributed by atoms with Crippen LogP contribution in [0.1, 0.15) is 53.0 Å². The summed E-state index contributed by atoms with van der Waals surface area (Å²) in [6.45, 7) is -0.0239. The number of alkyl carbamates (subject to hydrolysis) is 1. The largest absolute Gasteiger partial charge is 0.480 e. The first-order valence-electron chi connectivity index (χ1n) is 13.2.